The van der Waals surface area contributed by atoms with E-state index in [0.717, 1.165) is 20.3 Å². The van der Waals surface area contributed by atoms with Gasteiger partial charge in [0.15, 0.2) is 0 Å². The van der Waals surface area contributed by atoms with E-state index >= 15 is 0 Å². The van der Waals surface area contributed by atoms with Crippen LogP contribution in [-0.2, 0) is 4.74 Å². The zero-order valence-corrected chi connectivity index (χ0v) is 15.8. The molecule has 0 amide bonds. The molecule has 126 valence electrons. The normalized spacial score (nSPS) is 22.8. The quantitative estimate of drug-likeness (QED) is 0.681. The molecule has 0 radical (unpaired) electrons. The Bertz CT molecular complexity index is 743. The van der Waals surface area contributed by atoms with Crippen molar-refractivity contribution in [3.63, 3.8) is 0 Å². The minimum absolute atomic E-state index is 0.110. The van der Waals surface area contributed by atoms with Crippen molar-refractivity contribution in [1.82, 2.24) is 4.90 Å². The van der Waals surface area contributed by atoms with Crippen molar-refractivity contribution in [2.75, 3.05) is 7.11 Å². The minimum atomic E-state index is -1.33. The van der Waals surface area contributed by atoms with E-state index in [1.807, 2.05) is 41.4 Å². The molecule has 0 aliphatic carbocycles. The molecule has 0 spiro atoms. The van der Waals surface area contributed by atoms with E-state index in [-0.39, 0.29) is 6.04 Å². The van der Waals surface area contributed by atoms with E-state index < -0.39 is 12.4 Å². The Morgan fingerprint density at radius 1 is 1.33 bits per heavy atom. The minimum Gasteiger partial charge on any atom is -0.497 e. The lowest BCUT2D eigenvalue weighted by Gasteiger charge is -2.39. The number of nitrogens with zero attached hydrogens (tertiary/aromatic N) is 2. The van der Waals surface area contributed by atoms with Crippen molar-refractivity contribution < 1.29 is 19.4 Å². The van der Waals surface area contributed by atoms with E-state index in [4.69, 9.17) is 14.6 Å². The van der Waals surface area contributed by atoms with Gasteiger partial charge in [0.2, 0.25) is 6.23 Å². The van der Waals surface area contributed by atoms with Crippen molar-refractivity contribution in [1.29, 1.82) is 0 Å². The first-order valence-electron chi connectivity index (χ1n) is 7.12. The van der Waals surface area contributed by atoms with Gasteiger partial charge in [0, 0.05) is 17.1 Å². The fraction of sp³-hybridized carbons (Fsp3) is 0.250. The number of carbonyl (C=O) groups is 1. The molecular formula is C16H14Br2N2O4. The summed E-state index contributed by atoms with van der Waals surface area (Å²) in [5, 5.41) is 8.93. The maximum atomic E-state index is 10.9. The van der Waals surface area contributed by atoms with Crippen molar-refractivity contribution in [3.05, 3.63) is 51.1 Å². The first-order valence-corrected chi connectivity index (χ1v) is 8.71. The number of hydrogen-bond acceptors (Lipinski definition) is 5. The lowest BCUT2D eigenvalue weighted by Crippen LogP contribution is -2.40. The van der Waals surface area contributed by atoms with Crippen LogP contribution in [0.5, 0.6) is 5.75 Å². The van der Waals surface area contributed by atoms with Gasteiger partial charge in [-0.3, -0.25) is 0 Å². The summed E-state index contributed by atoms with van der Waals surface area (Å²) in [5.41, 5.74) is 1.01. The van der Waals surface area contributed by atoms with E-state index in [2.05, 4.69) is 36.9 Å². The molecule has 2 aliphatic rings. The average Bonchev–Trinajstić information content (AvgIpc) is 2.54. The Morgan fingerprint density at radius 2 is 2.04 bits per heavy atom. The third-order valence-corrected chi connectivity index (χ3v) is 4.77. The smallest absolute Gasteiger partial charge is 0.497 e. The van der Waals surface area contributed by atoms with E-state index in [1.54, 1.807) is 7.11 Å². The maximum Gasteiger partial charge on any atom is 0.507 e. The van der Waals surface area contributed by atoms with Crippen LogP contribution in [0.1, 0.15) is 18.0 Å². The highest BCUT2D eigenvalue weighted by molar-refractivity contribution is 9.12. The number of amidine groups is 1. The van der Waals surface area contributed by atoms with Gasteiger partial charge in [-0.1, -0.05) is 12.1 Å². The average molecular weight is 458 g/mol. The second kappa shape index (κ2) is 6.98. The van der Waals surface area contributed by atoms with Crippen LogP contribution in [0.25, 0.3) is 0 Å². The Kier molecular flexibility index (Phi) is 4.96. The maximum absolute atomic E-state index is 10.9. The first kappa shape index (κ1) is 17.0. The van der Waals surface area contributed by atoms with E-state index in [9.17, 15) is 4.79 Å². The molecule has 2 aliphatic heterocycles. The predicted octanol–water partition coefficient (Wildman–Crippen LogP) is 4.39. The van der Waals surface area contributed by atoms with Crippen molar-refractivity contribution >= 4 is 43.9 Å². The monoisotopic (exact) mass is 456 g/mol. The second-order valence-electron chi connectivity index (χ2n) is 5.23. The van der Waals surface area contributed by atoms with Crippen LogP contribution in [0.4, 0.5) is 4.79 Å². The van der Waals surface area contributed by atoms with Gasteiger partial charge in [-0.15, -0.1) is 0 Å². The summed E-state index contributed by atoms with van der Waals surface area (Å²) in [5.74, 6) is 1.40. The molecule has 0 saturated carbocycles. The Morgan fingerprint density at radius 3 is 2.67 bits per heavy atom. The molecule has 2 atom stereocenters. The van der Waals surface area contributed by atoms with Crippen LogP contribution >= 0.6 is 31.9 Å². The standard InChI is InChI=1S/C16H14Br2N2O4/c1-23-11-4-2-9(3-5-11)13-7-14(24-16(21)22)19-15-12(18)6-10(17)8-20(13)15/h2-6,8,13-14H,7H2,1H3,(H,21,22). The Labute approximate surface area is 155 Å². The number of aliphatic imine (C=N–C) groups is 1. The highest BCUT2D eigenvalue weighted by Gasteiger charge is 2.35. The number of ether oxygens (including phenoxy) is 2. The zero-order valence-electron chi connectivity index (χ0n) is 12.6. The van der Waals surface area contributed by atoms with Gasteiger partial charge < -0.3 is 19.5 Å². The van der Waals surface area contributed by atoms with Crippen molar-refractivity contribution in [3.8, 4) is 5.75 Å². The number of benzene rings is 1. The Balaban J connectivity index is 1.99. The van der Waals surface area contributed by atoms with E-state index in [1.165, 1.54) is 0 Å². The fourth-order valence-corrected chi connectivity index (χ4v) is 4.02. The van der Waals surface area contributed by atoms with E-state index in [0.29, 0.717) is 12.3 Å². The van der Waals surface area contributed by atoms with Gasteiger partial charge in [0.25, 0.3) is 0 Å². The number of halogens is 2. The first-order chi connectivity index (χ1) is 11.5. The van der Waals surface area contributed by atoms with Crippen LogP contribution in [0, 0.1) is 0 Å². The third-order valence-electron chi connectivity index (χ3n) is 3.75. The molecule has 24 heavy (non-hydrogen) atoms. The summed E-state index contributed by atoms with van der Waals surface area (Å²) in [6, 6.07) is 7.56. The summed E-state index contributed by atoms with van der Waals surface area (Å²) < 4.78 is 11.8. The van der Waals surface area contributed by atoms with Crippen LogP contribution < -0.4 is 4.74 Å². The molecule has 1 aromatic carbocycles. The summed E-state index contributed by atoms with van der Waals surface area (Å²) in [6.45, 7) is 0. The molecule has 2 heterocycles. The Hall–Kier alpha value is -1.80. The highest BCUT2D eigenvalue weighted by atomic mass is 79.9. The number of methoxy groups -OCH3 is 1. The molecule has 1 N–H and O–H groups in total. The van der Waals surface area contributed by atoms with Crippen LogP contribution in [0.2, 0.25) is 0 Å². The number of carboxylic acid groups (broad SMARTS) is 1. The number of fused-ring (bicyclic) bond motifs is 1. The third kappa shape index (κ3) is 3.49. The molecule has 8 heteroatoms. The summed E-state index contributed by atoms with van der Waals surface area (Å²) >= 11 is 6.96. The van der Waals surface area contributed by atoms with Gasteiger partial charge >= 0.3 is 6.16 Å². The number of rotatable bonds is 3. The predicted molar refractivity (Wildman–Crippen MR) is 96.5 cm³/mol. The number of allylic oxidation sites excluding steroid dienone is 2. The lowest BCUT2D eigenvalue weighted by molar-refractivity contribution is 0.0389. The lowest BCUT2D eigenvalue weighted by atomic mass is 9.98. The molecule has 1 aromatic rings. The number of hydrogen-bond donors (Lipinski definition) is 1. The van der Waals surface area contributed by atoms with Gasteiger partial charge in [-0.25, -0.2) is 9.79 Å². The largest absolute Gasteiger partial charge is 0.507 e. The fourth-order valence-electron chi connectivity index (χ4n) is 2.71. The topological polar surface area (TPSA) is 71.4 Å². The molecular weight excluding hydrogens is 444 g/mol. The highest BCUT2D eigenvalue weighted by Crippen LogP contribution is 2.38. The van der Waals surface area contributed by atoms with Crippen molar-refractivity contribution in [2.24, 2.45) is 4.99 Å². The summed E-state index contributed by atoms with van der Waals surface area (Å²) in [4.78, 5) is 17.3. The summed E-state index contributed by atoms with van der Waals surface area (Å²) in [6.07, 6.45) is 2.11. The molecule has 6 nitrogen and oxygen atoms in total. The van der Waals surface area contributed by atoms with Gasteiger partial charge in [0.05, 0.1) is 17.6 Å². The van der Waals surface area contributed by atoms with Gasteiger partial charge in [-0.05, 0) is 55.6 Å². The van der Waals surface area contributed by atoms with Crippen LogP contribution in [-0.4, -0.2) is 35.3 Å². The second-order valence-corrected chi connectivity index (χ2v) is 7.00. The molecule has 3 rings (SSSR count). The SMILES string of the molecule is COc1ccc(C2CC(OC(=O)O)N=C3C(Br)=CC(Br)=CN32)cc1. The molecule has 2 unspecified atom stereocenters. The van der Waals surface area contributed by atoms with Crippen LogP contribution in [0.3, 0.4) is 0 Å². The zero-order chi connectivity index (χ0) is 17.3. The molecule has 0 bridgehead atoms. The van der Waals surface area contributed by atoms with Gasteiger partial charge in [0.1, 0.15) is 11.6 Å². The summed E-state index contributed by atoms with van der Waals surface area (Å²) in [7, 11) is 1.61. The van der Waals surface area contributed by atoms with Crippen LogP contribution in [0.15, 0.2) is 50.5 Å². The molecule has 0 saturated heterocycles. The van der Waals surface area contributed by atoms with Gasteiger partial charge in [-0.2, -0.15) is 0 Å². The molecule has 0 fully saturated rings. The molecule has 0 aromatic heterocycles. The van der Waals surface area contributed by atoms with Crippen molar-refractivity contribution in [2.45, 2.75) is 18.7 Å².